The summed E-state index contributed by atoms with van der Waals surface area (Å²) in [6.45, 7) is 4.91. The number of ether oxygens (including phenoxy) is 3. The van der Waals surface area contributed by atoms with Crippen LogP contribution in [0.5, 0.6) is 17.2 Å². The molecule has 1 aliphatic rings. The number of fused-ring (bicyclic) bond motifs is 1. The van der Waals surface area contributed by atoms with Gasteiger partial charge < -0.3 is 19.5 Å². The molecule has 2 aromatic rings. The molecule has 0 radical (unpaired) electrons. The van der Waals surface area contributed by atoms with Gasteiger partial charge >= 0.3 is 0 Å². The molecule has 4 nitrogen and oxygen atoms in total. The van der Waals surface area contributed by atoms with Crippen LogP contribution in [0.25, 0.3) is 0 Å². The van der Waals surface area contributed by atoms with Crippen LogP contribution in [0.4, 0.5) is 5.69 Å². The summed E-state index contributed by atoms with van der Waals surface area (Å²) < 4.78 is 16.3. The third-order valence-corrected chi connectivity index (χ3v) is 3.52. The predicted molar refractivity (Wildman–Crippen MR) is 87.1 cm³/mol. The molecule has 0 saturated carbocycles. The van der Waals surface area contributed by atoms with Gasteiger partial charge in [0.25, 0.3) is 0 Å². The fourth-order valence-corrected chi connectivity index (χ4v) is 2.46. The molecule has 0 spiro atoms. The van der Waals surface area contributed by atoms with E-state index in [4.69, 9.17) is 25.8 Å². The maximum absolute atomic E-state index is 6.24. The molecular weight excluding hydrogens is 302 g/mol. The van der Waals surface area contributed by atoms with Crippen molar-refractivity contribution in [2.45, 2.75) is 26.5 Å². The van der Waals surface area contributed by atoms with E-state index < -0.39 is 0 Å². The van der Waals surface area contributed by atoms with E-state index in [1.165, 1.54) is 0 Å². The summed E-state index contributed by atoms with van der Waals surface area (Å²) >= 11 is 6.24. The monoisotopic (exact) mass is 319 g/mol. The van der Waals surface area contributed by atoms with Crippen molar-refractivity contribution in [2.75, 3.05) is 12.1 Å². The van der Waals surface area contributed by atoms with Gasteiger partial charge in [0, 0.05) is 18.3 Å². The first-order valence-corrected chi connectivity index (χ1v) is 7.58. The second-order valence-corrected chi connectivity index (χ2v) is 5.76. The quantitative estimate of drug-likeness (QED) is 0.882. The third kappa shape index (κ3) is 3.39. The molecule has 0 amide bonds. The number of benzene rings is 2. The Bertz CT molecular complexity index is 673. The van der Waals surface area contributed by atoms with Crippen molar-refractivity contribution >= 4 is 17.3 Å². The lowest BCUT2D eigenvalue weighted by Crippen LogP contribution is -2.06. The molecule has 0 saturated heterocycles. The zero-order valence-electron chi connectivity index (χ0n) is 12.6. The summed E-state index contributed by atoms with van der Waals surface area (Å²) in [6.07, 6.45) is 0.107. The van der Waals surface area contributed by atoms with Crippen LogP contribution in [0.3, 0.4) is 0 Å². The molecule has 0 aliphatic carbocycles. The highest BCUT2D eigenvalue weighted by molar-refractivity contribution is 6.32. The molecule has 0 fully saturated rings. The molecule has 0 bridgehead atoms. The van der Waals surface area contributed by atoms with E-state index in [9.17, 15) is 0 Å². The highest BCUT2D eigenvalue weighted by atomic mass is 35.5. The van der Waals surface area contributed by atoms with E-state index in [-0.39, 0.29) is 12.9 Å². The molecule has 2 aromatic carbocycles. The second-order valence-electron chi connectivity index (χ2n) is 5.35. The largest absolute Gasteiger partial charge is 0.489 e. The molecule has 116 valence electrons. The van der Waals surface area contributed by atoms with Crippen molar-refractivity contribution in [2.24, 2.45) is 0 Å². The van der Waals surface area contributed by atoms with Gasteiger partial charge in [-0.25, -0.2) is 0 Å². The first-order valence-electron chi connectivity index (χ1n) is 7.20. The molecule has 0 atom stereocenters. The standard InChI is InChI=1S/C17H18ClNO3/c1-11(2)22-15-5-3-12(7-14(15)18)9-19-13-4-6-16-17(8-13)21-10-20-16/h3-8,11,19H,9-10H2,1-2H3. The Balaban J connectivity index is 1.65. The lowest BCUT2D eigenvalue weighted by atomic mass is 10.2. The average Bonchev–Trinajstić information content (AvgIpc) is 2.95. The lowest BCUT2D eigenvalue weighted by Gasteiger charge is -2.13. The van der Waals surface area contributed by atoms with Crippen LogP contribution in [0, 0.1) is 0 Å². The van der Waals surface area contributed by atoms with Gasteiger partial charge in [-0.15, -0.1) is 0 Å². The van der Waals surface area contributed by atoms with E-state index in [1.807, 2.05) is 50.2 Å². The molecule has 3 rings (SSSR count). The molecule has 1 aliphatic heterocycles. The van der Waals surface area contributed by atoms with Crippen molar-refractivity contribution < 1.29 is 14.2 Å². The Kier molecular flexibility index (Phi) is 4.29. The first kappa shape index (κ1) is 14.9. The fraction of sp³-hybridized carbons (Fsp3) is 0.294. The molecule has 0 unspecified atom stereocenters. The average molecular weight is 320 g/mol. The topological polar surface area (TPSA) is 39.7 Å². The van der Waals surface area contributed by atoms with Crippen LogP contribution in [0.2, 0.25) is 5.02 Å². The Hall–Kier alpha value is -2.07. The molecule has 22 heavy (non-hydrogen) atoms. The summed E-state index contributed by atoms with van der Waals surface area (Å²) in [4.78, 5) is 0. The number of rotatable bonds is 5. The van der Waals surface area contributed by atoms with Crippen LogP contribution in [0.1, 0.15) is 19.4 Å². The second kappa shape index (κ2) is 6.36. The summed E-state index contributed by atoms with van der Waals surface area (Å²) in [5.41, 5.74) is 2.06. The Morgan fingerprint density at radius 2 is 1.95 bits per heavy atom. The van der Waals surface area contributed by atoms with E-state index in [0.29, 0.717) is 17.3 Å². The zero-order chi connectivity index (χ0) is 15.5. The predicted octanol–water partition coefficient (Wildman–Crippen LogP) is 4.47. The Morgan fingerprint density at radius 1 is 1.14 bits per heavy atom. The molecule has 0 aromatic heterocycles. The number of nitrogens with one attached hydrogen (secondary N) is 1. The summed E-state index contributed by atoms with van der Waals surface area (Å²) in [5.74, 6) is 2.26. The van der Waals surface area contributed by atoms with Gasteiger partial charge in [-0.3, -0.25) is 0 Å². The fourth-order valence-electron chi connectivity index (χ4n) is 2.21. The van der Waals surface area contributed by atoms with Crippen LogP contribution < -0.4 is 19.5 Å². The highest BCUT2D eigenvalue weighted by Gasteiger charge is 2.13. The number of anilines is 1. The SMILES string of the molecule is CC(C)Oc1ccc(CNc2ccc3c(c2)OCO3)cc1Cl. The van der Waals surface area contributed by atoms with Gasteiger partial charge in [0.05, 0.1) is 11.1 Å². The number of hydrogen-bond acceptors (Lipinski definition) is 4. The zero-order valence-corrected chi connectivity index (χ0v) is 13.3. The smallest absolute Gasteiger partial charge is 0.231 e. The minimum atomic E-state index is 0.107. The Labute approximate surface area is 135 Å². The third-order valence-electron chi connectivity index (χ3n) is 3.23. The highest BCUT2D eigenvalue weighted by Crippen LogP contribution is 2.34. The van der Waals surface area contributed by atoms with Gasteiger partial charge in [0.15, 0.2) is 11.5 Å². The minimum Gasteiger partial charge on any atom is -0.489 e. The molecule has 1 heterocycles. The van der Waals surface area contributed by atoms with Crippen molar-refractivity contribution in [3.63, 3.8) is 0 Å². The summed E-state index contributed by atoms with van der Waals surface area (Å²) in [6, 6.07) is 11.6. The lowest BCUT2D eigenvalue weighted by molar-refractivity contribution is 0.174. The van der Waals surface area contributed by atoms with Crippen molar-refractivity contribution in [1.82, 2.24) is 0 Å². The van der Waals surface area contributed by atoms with Crippen LogP contribution >= 0.6 is 11.6 Å². The van der Waals surface area contributed by atoms with Crippen molar-refractivity contribution in [1.29, 1.82) is 0 Å². The number of halogens is 1. The minimum absolute atomic E-state index is 0.107. The van der Waals surface area contributed by atoms with Gasteiger partial charge in [-0.1, -0.05) is 17.7 Å². The van der Waals surface area contributed by atoms with Crippen LogP contribution in [-0.2, 0) is 6.54 Å². The van der Waals surface area contributed by atoms with Gasteiger partial charge in [-0.2, -0.15) is 0 Å². The van der Waals surface area contributed by atoms with Gasteiger partial charge in [0.1, 0.15) is 5.75 Å². The molecular formula is C17H18ClNO3. The summed E-state index contributed by atoms with van der Waals surface area (Å²) in [5, 5.41) is 3.97. The molecule has 1 N–H and O–H groups in total. The molecule has 5 heteroatoms. The van der Waals surface area contributed by atoms with Crippen molar-refractivity contribution in [3.8, 4) is 17.2 Å². The van der Waals surface area contributed by atoms with E-state index in [2.05, 4.69) is 5.32 Å². The van der Waals surface area contributed by atoms with Gasteiger partial charge in [-0.05, 0) is 43.7 Å². The normalized spacial score (nSPS) is 12.5. The van der Waals surface area contributed by atoms with E-state index >= 15 is 0 Å². The van der Waals surface area contributed by atoms with Crippen LogP contribution in [-0.4, -0.2) is 12.9 Å². The number of hydrogen-bond donors (Lipinski definition) is 1. The summed E-state index contributed by atoms with van der Waals surface area (Å²) in [7, 11) is 0. The maximum Gasteiger partial charge on any atom is 0.231 e. The van der Waals surface area contributed by atoms with Crippen LogP contribution in [0.15, 0.2) is 36.4 Å². The maximum atomic E-state index is 6.24. The van der Waals surface area contributed by atoms with Crippen molar-refractivity contribution in [3.05, 3.63) is 47.0 Å². The van der Waals surface area contributed by atoms with Gasteiger partial charge in [0.2, 0.25) is 6.79 Å². The first-order chi connectivity index (χ1) is 10.6. The Morgan fingerprint density at radius 3 is 2.73 bits per heavy atom. The van der Waals surface area contributed by atoms with E-state index in [1.54, 1.807) is 0 Å². The van der Waals surface area contributed by atoms with E-state index in [0.717, 1.165) is 22.7 Å².